The number of nitrogens with zero attached hydrogens (tertiary/aromatic N) is 1. The molecular formula is C14H25NO4. The van der Waals surface area contributed by atoms with E-state index in [1.807, 2.05) is 27.7 Å². The molecule has 2 aliphatic rings. The van der Waals surface area contributed by atoms with Gasteiger partial charge in [0, 0.05) is 13.0 Å². The van der Waals surface area contributed by atoms with E-state index >= 15 is 0 Å². The first-order valence-corrected chi connectivity index (χ1v) is 7.05. The van der Waals surface area contributed by atoms with Crippen molar-refractivity contribution in [3.05, 3.63) is 0 Å². The Bertz CT molecular complexity index is 348. The Morgan fingerprint density at radius 1 is 1.47 bits per heavy atom. The highest BCUT2D eigenvalue weighted by molar-refractivity contribution is 5.69. The van der Waals surface area contributed by atoms with Crippen LogP contribution in [0.4, 0.5) is 4.79 Å². The van der Waals surface area contributed by atoms with Crippen LogP contribution < -0.4 is 0 Å². The molecule has 19 heavy (non-hydrogen) atoms. The average Bonchev–Trinajstić information content (AvgIpc) is 2.63. The monoisotopic (exact) mass is 271 g/mol. The third kappa shape index (κ3) is 3.03. The Labute approximate surface area is 114 Å². The lowest BCUT2D eigenvalue weighted by Crippen LogP contribution is -2.57. The smallest absolute Gasteiger partial charge is 0.410 e. The molecule has 3 atom stereocenters. The topological polar surface area (TPSA) is 59.0 Å². The van der Waals surface area contributed by atoms with Gasteiger partial charge in [0.05, 0.1) is 24.4 Å². The van der Waals surface area contributed by atoms with Gasteiger partial charge in [-0.1, -0.05) is 0 Å². The van der Waals surface area contributed by atoms with Crippen molar-refractivity contribution in [3.63, 3.8) is 0 Å². The van der Waals surface area contributed by atoms with Gasteiger partial charge in [-0.2, -0.15) is 0 Å². The molecule has 3 unspecified atom stereocenters. The van der Waals surface area contributed by atoms with E-state index in [0.29, 0.717) is 19.6 Å². The number of hydrogen-bond acceptors (Lipinski definition) is 4. The predicted octanol–water partition coefficient (Wildman–Crippen LogP) is 1.93. The molecule has 0 saturated carbocycles. The highest BCUT2D eigenvalue weighted by atomic mass is 16.6. The quantitative estimate of drug-likeness (QED) is 0.731. The average molecular weight is 271 g/mol. The van der Waals surface area contributed by atoms with Crippen LogP contribution in [0.1, 0.15) is 47.0 Å². The highest BCUT2D eigenvalue weighted by Crippen LogP contribution is 2.39. The third-order valence-electron chi connectivity index (χ3n) is 4.00. The summed E-state index contributed by atoms with van der Waals surface area (Å²) in [5.74, 6) is 0. The number of rotatable bonds is 0. The predicted molar refractivity (Wildman–Crippen MR) is 70.9 cm³/mol. The molecule has 2 aliphatic heterocycles. The Morgan fingerprint density at radius 2 is 2.16 bits per heavy atom. The zero-order chi connectivity index (χ0) is 14.3. The van der Waals surface area contributed by atoms with Crippen molar-refractivity contribution < 1.29 is 19.4 Å². The molecule has 1 N–H and O–H groups in total. The van der Waals surface area contributed by atoms with Gasteiger partial charge in [-0.15, -0.1) is 0 Å². The molecule has 0 aliphatic carbocycles. The Hall–Kier alpha value is -0.810. The Balaban J connectivity index is 2.08. The van der Waals surface area contributed by atoms with E-state index in [1.54, 1.807) is 4.90 Å². The fraction of sp³-hybridized carbons (Fsp3) is 0.929. The molecule has 5 nitrogen and oxygen atoms in total. The van der Waals surface area contributed by atoms with Crippen LogP contribution in [0.15, 0.2) is 0 Å². The molecule has 0 bridgehead atoms. The van der Waals surface area contributed by atoms with Crippen LogP contribution in [-0.2, 0) is 9.47 Å². The lowest BCUT2D eigenvalue weighted by molar-refractivity contribution is -0.0905. The summed E-state index contributed by atoms with van der Waals surface area (Å²) in [7, 11) is 0. The highest BCUT2D eigenvalue weighted by Gasteiger charge is 2.50. The zero-order valence-electron chi connectivity index (χ0n) is 12.3. The number of ether oxygens (including phenoxy) is 2. The summed E-state index contributed by atoms with van der Waals surface area (Å²) in [4.78, 5) is 14.0. The molecule has 2 heterocycles. The fourth-order valence-corrected chi connectivity index (χ4v) is 3.05. The summed E-state index contributed by atoms with van der Waals surface area (Å²) < 4.78 is 11.3. The zero-order valence-corrected chi connectivity index (χ0v) is 12.3. The van der Waals surface area contributed by atoms with Gasteiger partial charge < -0.3 is 19.5 Å². The second kappa shape index (κ2) is 4.94. The van der Waals surface area contributed by atoms with Gasteiger partial charge >= 0.3 is 6.09 Å². The molecule has 0 aromatic heterocycles. The van der Waals surface area contributed by atoms with Crippen molar-refractivity contribution in [1.82, 2.24) is 4.90 Å². The minimum atomic E-state index is -0.489. The number of amides is 1. The van der Waals surface area contributed by atoms with Crippen LogP contribution in [0.3, 0.4) is 0 Å². The summed E-state index contributed by atoms with van der Waals surface area (Å²) >= 11 is 0. The van der Waals surface area contributed by atoms with Crippen LogP contribution in [0, 0.1) is 0 Å². The number of hydrogen-bond donors (Lipinski definition) is 1. The Kier molecular flexibility index (Phi) is 3.80. The lowest BCUT2D eigenvalue weighted by atomic mass is 9.82. The van der Waals surface area contributed by atoms with Crippen LogP contribution in [0.2, 0.25) is 0 Å². The summed E-state index contributed by atoms with van der Waals surface area (Å²) in [6.45, 7) is 8.65. The molecule has 5 heteroatoms. The van der Waals surface area contributed by atoms with Crippen LogP contribution in [0.5, 0.6) is 0 Å². The molecule has 2 rings (SSSR count). The maximum atomic E-state index is 12.2. The van der Waals surface area contributed by atoms with Gasteiger partial charge in [0.25, 0.3) is 0 Å². The molecule has 0 aromatic rings. The second-order valence-corrected chi connectivity index (χ2v) is 6.69. The first kappa shape index (κ1) is 14.6. The SMILES string of the molecule is CC1N(C(=O)OC(C)(C)C)CCCC12CC(O)CO2. The summed E-state index contributed by atoms with van der Waals surface area (Å²) in [5, 5.41) is 9.72. The van der Waals surface area contributed by atoms with Crippen molar-refractivity contribution in [3.8, 4) is 0 Å². The van der Waals surface area contributed by atoms with Crippen molar-refractivity contribution in [2.24, 2.45) is 0 Å². The summed E-state index contributed by atoms with van der Waals surface area (Å²) in [5.41, 5.74) is -0.883. The first-order chi connectivity index (χ1) is 8.73. The van der Waals surface area contributed by atoms with E-state index in [2.05, 4.69) is 0 Å². The van der Waals surface area contributed by atoms with Gasteiger partial charge in [0.1, 0.15) is 5.60 Å². The van der Waals surface area contributed by atoms with Crippen LogP contribution >= 0.6 is 0 Å². The number of carbonyl (C=O) groups is 1. The number of piperidine rings is 1. The molecule has 0 radical (unpaired) electrons. The van der Waals surface area contributed by atoms with Crippen molar-refractivity contribution in [1.29, 1.82) is 0 Å². The standard InChI is InChI=1S/C14H25NO4/c1-10-14(8-11(16)9-18-14)6-5-7-15(10)12(17)19-13(2,3)4/h10-11,16H,5-9H2,1-4H3. The molecule has 2 fully saturated rings. The van der Waals surface area contributed by atoms with E-state index < -0.39 is 17.3 Å². The van der Waals surface area contributed by atoms with E-state index in [4.69, 9.17) is 9.47 Å². The molecule has 1 spiro atoms. The number of aliphatic hydroxyl groups is 1. The van der Waals surface area contributed by atoms with Crippen molar-refractivity contribution in [2.75, 3.05) is 13.2 Å². The Morgan fingerprint density at radius 3 is 2.68 bits per heavy atom. The van der Waals surface area contributed by atoms with Crippen molar-refractivity contribution in [2.45, 2.75) is 70.3 Å². The van der Waals surface area contributed by atoms with Gasteiger partial charge in [0.15, 0.2) is 0 Å². The maximum Gasteiger partial charge on any atom is 0.410 e. The number of likely N-dealkylation sites (tertiary alicyclic amines) is 1. The van der Waals surface area contributed by atoms with Gasteiger partial charge in [0.2, 0.25) is 0 Å². The second-order valence-electron chi connectivity index (χ2n) is 6.69. The van der Waals surface area contributed by atoms with Gasteiger partial charge in [-0.05, 0) is 40.5 Å². The lowest BCUT2D eigenvalue weighted by Gasteiger charge is -2.45. The van der Waals surface area contributed by atoms with Crippen LogP contribution in [-0.4, -0.2) is 52.6 Å². The molecule has 0 aromatic carbocycles. The molecule has 1 amide bonds. The van der Waals surface area contributed by atoms with Crippen molar-refractivity contribution >= 4 is 6.09 Å². The van der Waals surface area contributed by atoms with E-state index in [1.165, 1.54) is 0 Å². The molecule has 2 saturated heterocycles. The number of aliphatic hydroxyl groups excluding tert-OH is 1. The first-order valence-electron chi connectivity index (χ1n) is 7.05. The fourth-order valence-electron chi connectivity index (χ4n) is 3.05. The normalized spacial score (nSPS) is 35.7. The van der Waals surface area contributed by atoms with E-state index in [0.717, 1.165) is 12.8 Å². The van der Waals surface area contributed by atoms with E-state index in [-0.39, 0.29) is 12.1 Å². The largest absolute Gasteiger partial charge is 0.444 e. The van der Waals surface area contributed by atoms with Gasteiger partial charge in [-0.3, -0.25) is 0 Å². The molecular weight excluding hydrogens is 246 g/mol. The maximum absolute atomic E-state index is 12.2. The minimum absolute atomic E-state index is 0.0618. The minimum Gasteiger partial charge on any atom is -0.444 e. The molecule has 110 valence electrons. The third-order valence-corrected chi connectivity index (χ3v) is 4.00. The summed E-state index contributed by atoms with van der Waals surface area (Å²) in [6.07, 6.45) is 1.68. The van der Waals surface area contributed by atoms with Crippen LogP contribution in [0.25, 0.3) is 0 Å². The van der Waals surface area contributed by atoms with Gasteiger partial charge in [-0.25, -0.2) is 4.79 Å². The number of carbonyl (C=O) groups excluding carboxylic acids is 1. The summed E-state index contributed by atoms with van der Waals surface area (Å²) in [6, 6.07) is -0.0618. The van der Waals surface area contributed by atoms with E-state index in [9.17, 15) is 9.90 Å².